The molecule has 0 unspecified atom stereocenters. The first kappa shape index (κ1) is 14.7. The highest BCUT2D eigenvalue weighted by Gasteiger charge is 2.10. The summed E-state index contributed by atoms with van der Waals surface area (Å²) in [6, 6.07) is 9.60. The van der Waals surface area contributed by atoms with Crippen molar-refractivity contribution in [3.8, 4) is 11.1 Å². The zero-order valence-electron chi connectivity index (χ0n) is 12.0. The summed E-state index contributed by atoms with van der Waals surface area (Å²) in [6.45, 7) is 6.63. The summed E-state index contributed by atoms with van der Waals surface area (Å²) in [6.07, 6.45) is 0. The lowest BCUT2D eigenvalue weighted by atomic mass is 9.95. The Kier molecular flexibility index (Phi) is 4.50. The van der Waals surface area contributed by atoms with Crippen molar-refractivity contribution in [2.45, 2.75) is 33.4 Å². The molecule has 0 spiro atoms. The third kappa shape index (κ3) is 3.42. The Morgan fingerprint density at radius 1 is 0.950 bits per heavy atom. The van der Waals surface area contributed by atoms with Gasteiger partial charge in [0.2, 0.25) is 0 Å². The van der Waals surface area contributed by atoms with Crippen LogP contribution >= 0.6 is 0 Å². The molecule has 3 heteroatoms. The first-order chi connectivity index (χ1) is 9.47. The van der Waals surface area contributed by atoms with Gasteiger partial charge in [0.15, 0.2) is 0 Å². The molecule has 0 heterocycles. The summed E-state index contributed by atoms with van der Waals surface area (Å²) in [4.78, 5) is 0. The number of nitrogens with one attached hydrogen (secondary N) is 1. The molecule has 0 fully saturated rings. The molecule has 1 nitrogen and oxygen atoms in total. The Labute approximate surface area is 118 Å². The van der Waals surface area contributed by atoms with Gasteiger partial charge in [-0.2, -0.15) is 0 Å². The molecule has 2 aromatic carbocycles. The van der Waals surface area contributed by atoms with Crippen molar-refractivity contribution < 1.29 is 8.78 Å². The zero-order valence-corrected chi connectivity index (χ0v) is 12.0. The fourth-order valence-electron chi connectivity index (χ4n) is 2.15. The summed E-state index contributed by atoms with van der Waals surface area (Å²) in [5.74, 6) is -0.616. The van der Waals surface area contributed by atoms with Crippen molar-refractivity contribution in [2.24, 2.45) is 0 Å². The number of aryl methyl sites for hydroxylation is 1. The third-order valence-corrected chi connectivity index (χ3v) is 3.26. The largest absolute Gasteiger partial charge is 0.310 e. The maximum Gasteiger partial charge on any atom is 0.123 e. The molecule has 0 atom stereocenters. The van der Waals surface area contributed by atoms with Gasteiger partial charge in [-0.25, -0.2) is 8.78 Å². The molecule has 106 valence electrons. The van der Waals surface area contributed by atoms with Crippen molar-refractivity contribution in [2.75, 3.05) is 0 Å². The van der Waals surface area contributed by atoms with E-state index in [9.17, 15) is 8.78 Å². The standard InChI is InChI=1S/C17H19F2N/c1-11(2)20-10-13-5-7-15(19)9-17(13)16-8-14(18)6-4-12(16)3/h4-9,11,20H,10H2,1-3H3. The number of benzene rings is 2. The molecule has 0 radical (unpaired) electrons. The molecule has 0 bridgehead atoms. The van der Waals surface area contributed by atoms with E-state index < -0.39 is 0 Å². The summed E-state index contributed by atoms with van der Waals surface area (Å²) in [7, 11) is 0. The molecule has 1 N–H and O–H groups in total. The van der Waals surface area contributed by atoms with Crippen LogP contribution in [0.2, 0.25) is 0 Å². The molecule has 0 aliphatic rings. The quantitative estimate of drug-likeness (QED) is 0.870. The second-order valence-electron chi connectivity index (χ2n) is 5.30. The fourth-order valence-corrected chi connectivity index (χ4v) is 2.15. The Morgan fingerprint density at radius 3 is 2.20 bits per heavy atom. The number of rotatable bonds is 4. The number of halogens is 2. The predicted octanol–water partition coefficient (Wildman–Crippen LogP) is 4.44. The summed E-state index contributed by atoms with van der Waals surface area (Å²) in [5, 5.41) is 3.31. The van der Waals surface area contributed by atoms with Gasteiger partial charge in [-0.1, -0.05) is 26.0 Å². The highest BCUT2D eigenvalue weighted by molar-refractivity contribution is 5.70. The molecule has 0 saturated heterocycles. The van der Waals surface area contributed by atoms with Gasteiger partial charge in [0.25, 0.3) is 0 Å². The molecule has 20 heavy (non-hydrogen) atoms. The maximum absolute atomic E-state index is 13.5. The molecule has 2 rings (SSSR count). The lowest BCUT2D eigenvalue weighted by Gasteiger charge is -2.15. The van der Waals surface area contributed by atoms with E-state index in [1.807, 2.05) is 6.92 Å². The van der Waals surface area contributed by atoms with Gasteiger partial charge in [-0.3, -0.25) is 0 Å². The average molecular weight is 275 g/mol. The van der Waals surface area contributed by atoms with E-state index in [2.05, 4.69) is 19.2 Å². The van der Waals surface area contributed by atoms with Gasteiger partial charge in [0.05, 0.1) is 0 Å². The number of hydrogen-bond donors (Lipinski definition) is 1. The number of hydrogen-bond acceptors (Lipinski definition) is 1. The van der Waals surface area contributed by atoms with Crippen LogP contribution in [0.3, 0.4) is 0 Å². The second kappa shape index (κ2) is 6.14. The second-order valence-corrected chi connectivity index (χ2v) is 5.30. The minimum Gasteiger partial charge on any atom is -0.310 e. The minimum absolute atomic E-state index is 0.308. The molecule has 0 saturated carbocycles. The van der Waals surface area contributed by atoms with E-state index in [1.165, 1.54) is 24.3 Å². The van der Waals surface area contributed by atoms with E-state index in [0.29, 0.717) is 12.6 Å². The first-order valence-electron chi connectivity index (χ1n) is 6.75. The lowest BCUT2D eigenvalue weighted by molar-refractivity contribution is 0.587. The van der Waals surface area contributed by atoms with Crippen LogP contribution < -0.4 is 5.32 Å². The highest BCUT2D eigenvalue weighted by Crippen LogP contribution is 2.28. The Morgan fingerprint density at radius 2 is 1.55 bits per heavy atom. The minimum atomic E-state index is -0.308. The molecule has 0 amide bonds. The topological polar surface area (TPSA) is 12.0 Å². The molecule has 0 aromatic heterocycles. The van der Waals surface area contributed by atoms with Crippen LogP contribution in [0.4, 0.5) is 8.78 Å². The van der Waals surface area contributed by atoms with Crippen LogP contribution in [0.1, 0.15) is 25.0 Å². The molecule has 0 aliphatic carbocycles. The summed E-state index contributed by atoms with van der Waals surface area (Å²) >= 11 is 0. The van der Waals surface area contributed by atoms with Crippen LogP contribution in [-0.2, 0) is 6.54 Å². The van der Waals surface area contributed by atoms with Crippen molar-refractivity contribution in [3.63, 3.8) is 0 Å². The summed E-state index contributed by atoms with van der Waals surface area (Å²) in [5.41, 5.74) is 3.39. The van der Waals surface area contributed by atoms with Crippen LogP contribution in [-0.4, -0.2) is 6.04 Å². The van der Waals surface area contributed by atoms with Crippen molar-refractivity contribution >= 4 is 0 Å². The molecular formula is C17H19F2N. The van der Waals surface area contributed by atoms with Gasteiger partial charge in [-0.05, 0) is 53.4 Å². The van der Waals surface area contributed by atoms with Gasteiger partial charge in [0.1, 0.15) is 11.6 Å². The normalized spacial score (nSPS) is 11.1. The third-order valence-electron chi connectivity index (χ3n) is 3.26. The van der Waals surface area contributed by atoms with Crippen LogP contribution in [0.5, 0.6) is 0 Å². The molecule has 2 aromatic rings. The Hall–Kier alpha value is -1.74. The fraction of sp³-hybridized carbons (Fsp3) is 0.294. The van der Waals surface area contributed by atoms with Crippen molar-refractivity contribution in [3.05, 3.63) is 59.2 Å². The molecular weight excluding hydrogens is 256 g/mol. The van der Waals surface area contributed by atoms with E-state index in [0.717, 1.165) is 22.3 Å². The molecule has 0 aliphatic heterocycles. The summed E-state index contributed by atoms with van der Waals surface area (Å²) < 4.78 is 27.0. The van der Waals surface area contributed by atoms with E-state index in [1.54, 1.807) is 12.1 Å². The highest BCUT2D eigenvalue weighted by atomic mass is 19.1. The van der Waals surface area contributed by atoms with Crippen LogP contribution in [0.25, 0.3) is 11.1 Å². The van der Waals surface area contributed by atoms with Crippen LogP contribution in [0.15, 0.2) is 36.4 Å². The monoisotopic (exact) mass is 275 g/mol. The van der Waals surface area contributed by atoms with E-state index >= 15 is 0 Å². The van der Waals surface area contributed by atoms with Crippen LogP contribution in [0, 0.1) is 18.6 Å². The lowest BCUT2D eigenvalue weighted by Crippen LogP contribution is -2.22. The van der Waals surface area contributed by atoms with E-state index in [-0.39, 0.29) is 11.6 Å². The Balaban J connectivity index is 2.48. The predicted molar refractivity (Wildman–Crippen MR) is 78.5 cm³/mol. The van der Waals surface area contributed by atoms with Gasteiger partial charge in [0, 0.05) is 12.6 Å². The Bertz CT molecular complexity index is 606. The van der Waals surface area contributed by atoms with Gasteiger partial charge < -0.3 is 5.32 Å². The van der Waals surface area contributed by atoms with Gasteiger partial charge in [-0.15, -0.1) is 0 Å². The van der Waals surface area contributed by atoms with Gasteiger partial charge >= 0.3 is 0 Å². The van der Waals surface area contributed by atoms with E-state index in [4.69, 9.17) is 0 Å². The smallest absolute Gasteiger partial charge is 0.123 e. The SMILES string of the molecule is Cc1ccc(F)cc1-c1cc(F)ccc1CNC(C)C. The van der Waals surface area contributed by atoms with Crippen molar-refractivity contribution in [1.82, 2.24) is 5.32 Å². The average Bonchev–Trinajstić information content (AvgIpc) is 2.40. The maximum atomic E-state index is 13.5. The zero-order chi connectivity index (χ0) is 14.7. The van der Waals surface area contributed by atoms with Crippen molar-refractivity contribution in [1.29, 1.82) is 0 Å². The first-order valence-corrected chi connectivity index (χ1v) is 6.75.